The molecule has 4 heteroatoms. The molecule has 0 amide bonds. The Morgan fingerprint density at radius 3 is 1.30 bits per heavy atom. The summed E-state index contributed by atoms with van der Waals surface area (Å²) in [5, 5.41) is 0. The summed E-state index contributed by atoms with van der Waals surface area (Å²) in [7, 11) is 11.9. The summed E-state index contributed by atoms with van der Waals surface area (Å²) >= 11 is 0. The van der Waals surface area contributed by atoms with Crippen molar-refractivity contribution in [1.82, 2.24) is 0 Å². The van der Waals surface area contributed by atoms with Crippen molar-refractivity contribution in [1.29, 1.82) is 0 Å². The van der Waals surface area contributed by atoms with E-state index in [0.29, 0.717) is 0 Å². The minimum absolute atomic E-state index is 1.26. The van der Waals surface area contributed by atoms with Crippen LogP contribution in [0.3, 0.4) is 0 Å². The maximum absolute atomic E-state index is 2.17. The van der Waals surface area contributed by atoms with E-state index in [4.69, 9.17) is 0 Å². The first-order chi connectivity index (χ1) is 9.59. The topological polar surface area (TPSA) is 6.48 Å². The van der Waals surface area contributed by atoms with Crippen LogP contribution in [0.2, 0.25) is 0 Å². The van der Waals surface area contributed by atoms with Gasteiger partial charge < -0.3 is 9.80 Å². The van der Waals surface area contributed by atoms with E-state index in [1.807, 2.05) is 21.6 Å². The molecule has 0 bridgehead atoms. The Hall–Kier alpha value is -1.26. The third-order valence-corrected chi connectivity index (χ3v) is 5.38. The summed E-state index contributed by atoms with van der Waals surface area (Å²) in [4.78, 5) is 6.88. The standard InChI is InChI=1S/C16H20N2S2/c1-17(2)13-9-5-7-11-15(13)19-20-16-12-8-6-10-14(16)18(3)4/h5-12H,1-4H3. The number of anilines is 2. The lowest BCUT2D eigenvalue weighted by atomic mass is 10.3. The summed E-state index contributed by atoms with van der Waals surface area (Å²) in [5.74, 6) is 0. The Bertz CT molecular complexity index is 516. The molecule has 0 atom stereocenters. The first-order valence-electron chi connectivity index (χ1n) is 6.47. The Labute approximate surface area is 129 Å². The maximum Gasteiger partial charge on any atom is 0.0508 e. The highest BCUT2D eigenvalue weighted by atomic mass is 33.1. The van der Waals surface area contributed by atoms with Gasteiger partial charge in [0.15, 0.2) is 0 Å². The number of nitrogens with zero attached hydrogens (tertiary/aromatic N) is 2. The van der Waals surface area contributed by atoms with E-state index in [2.05, 4.69) is 86.5 Å². The van der Waals surface area contributed by atoms with Gasteiger partial charge in [0.05, 0.1) is 11.4 Å². The average Bonchev–Trinajstić information content (AvgIpc) is 2.45. The molecule has 20 heavy (non-hydrogen) atoms. The molecule has 106 valence electrons. The second-order valence-corrected chi connectivity index (χ2v) is 7.10. The number of benzene rings is 2. The molecule has 2 nitrogen and oxygen atoms in total. The molecule has 2 rings (SSSR count). The zero-order valence-corrected chi connectivity index (χ0v) is 14.0. The zero-order chi connectivity index (χ0) is 14.5. The summed E-state index contributed by atoms with van der Waals surface area (Å²) in [6.45, 7) is 0. The minimum atomic E-state index is 1.26. The van der Waals surface area contributed by atoms with E-state index in [9.17, 15) is 0 Å². The SMILES string of the molecule is CN(C)c1ccccc1SSc1ccccc1N(C)C. The van der Waals surface area contributed by atoms with Gasteiger partial charge in [0.1, 0.15) is 0 Å². The lowest BCUT2D eigenvalue weighted by molar-refractivity contribution is 1.10. The molecular formula is C16H20N2S2. The fourth-order valence-electron chi connectivity index (χ4n) is 1.88. The van der Waals surface area contributed by atoms with Crippen molar-refractivity contribution < 1.29 is 0 Å². The molecule has 0 N–H and O–H groups in total. The van der Waals surface area contributed by atoms with Crippen LogP contribution in [-0.4, -0.2) is 28.2 Å². The van der Waals surface area contributed by atoms with Gasteiger partial charge in [-0.1, -0.05) is 45.9 Å². The van der Waals surface area contributed by atoms with Gasteiger partial charge in [0, 0.05) is 38.0 Å². The summed E-state index contributed by atoms with van der Waals surface area (Å²) in [6.07, 6.45) is 0. The van der Waals surface area contributed by atoms with Crippen molar-refractivity contribution in [2.75, 3.05) is 38.0 Å². The normalized spacial score (nSPS) is 10.4. The van der Waals surface area contributed by atoms with Crippen molar-refractivity contribution in [3.63, 3.8) is 0 Å². The van der Waals surface area contributed by atoms with Crippen LogP contribution in [0.5, 0.6) is 0 Å². The van der Waals surface area contributed by atoms with Crippen LogP contribution in [0, 0.1) is 0 Å². The Balaban J connectivity index is 2.17. The molecule has 0 unspecified atom stereocenters. The summed E-state index contributed by atoms with van der Waals surface area (Å²) in [6, 6.07) is 17.0. The summed E-state index contributed by atoms with van der Waals surface area (Å²) < 4.78 is 0. The highest BCUT2D eigenvalue weighted by Gasteiger charge is 2.08. The van der Waals surface area contributed by atoms with Crippen LogP contribution >= 0.6 is 21.6 Å². The van der Waals surface area contributed by atoms with Crippen molar-refractivity contribution >= 4 is 33.0 Å². The fourth-order valence-corrected chi connectivity index (χ4v) is 4.39. The number of hydrogen-bond donors (Lipinski definition) is 0. The average molecular weight is 304 g/mol. The van der Waals surface area contributed by atoms with E-state index in [-0.39, 0.29) is 0 Å². The monoisotopic (exact) mass is 304 g/mol. The Morgan fingerprint density at radius 1 is 0.600 bits per heavy atom. The van der Waals surface area contributed by atoms with E-state index in [1.165, 1.54) is 21.2 Å². The second kappa shape index (κ2) is 6.95. The molecule has 0 radical (unpaired) electrons. The highest BCUT2D eigenvalue weighted by molar-refractivity contribution is 8.76. The lowest BCUT2D eigenvalue weighted by Gasteiger charge is -2.18. The van der Waals surface area contributed by atoms with Crippen LogP contribution in [0.4, 0.5) is 11.4 Å². The molecule has 0 aliphatic heterocycles. The van der Waals surface area contributed by atoms with Gasteiger partial charge >= 0.3 is 0 Å². The van der Waals surface area contributed by atoms with E-state index in [1.54, 1.807) is 0 Å². The minimum Gasteiger partial charge on any atom is -0.377 e. The molecule has 0 fully saturated rings. The van der Waals surface area contributed by atoms with Gasteiger partial charge in [-0.05, 0) is 24.3 Å². The smallest absolute Gasteiger partial charge is 0.0508 e. The molecule has 0 spiro atoms. The largest absolute Gasteiger partial charge is 0.377 e. The van der Waals surface area contributed by atoms with Gasteiger partial charge in [-0.3, -0.25) is 0 Å². The molecule has 0 heterocycles. The molecule has 2 aromatic rings. The first-order valence-corrected chi connectivity index (χ1v) is 8.62. The van der Waals surface area contributed by atoms with Crippen molar-refractivity contribution in [2.45, 2.75) is 9.79 Å². The quantitative estimate of drug-likeness (QED) is 0.743. The molecule has 2 aromatic carbocycles. The molecule has 0 aliphatic carbocycles. The highest BCUT2D eigenvalue weighted by Crippen LogP contribution is 2.44. The van der Waals surface area contributed by atoms with Crippen LogP contribution < -0.4 is 9.80 Å². The van der Waals surface area contributed by atoms with Crippen molar-refractivity contribution in [3.8, 4) is 0 Å². The zero-order valence-electron chi connectivity index (χ0n) is 12.3. The van der Waals surface area contributed by atoms with Gasteiger partial charge in [-0.2, -0.15) is 0 Å². The fraction of sp³-hybridized carbons (Fsp3) is 0.250. The Kier molecular flexibility index (Phi) is 5.26. The van der Waals surface area contributed by atoms with E-state index >= 15 is 0 Å². The molecule has 0 aliphatic rings. The maximum atomic E-state index is 2.17. The van der Waals surface area contributed by atoms with Crippen molar-refractivity contribution in [3.05, 3.63) is 48.5 Å². The Morgan fingerprint density at radius 2 is 0.950 bits per heavy atom. The van der Waals surface area contributed by atoms with Gasteiger partial charge in [0.2, 0.25) is 0 Å². The molecule has 0 aromatic heterocycles. The second-order valence-electron chi connectivity index (χ2n) is 4.89. The molecule has 0 saturated carbocycles. The summed E-state index contributed by atoms with van der Waals surface area (Å²) in [5.41, 5.74) is 2.51. The van der Waals surface area contributed by atoms with Crippen LogP contribution in [0.1, 0.15) is 0 Å². The number of para-hydroxylation sites is 2. The third kappa shape index (κ3) is 3.64. The van der Waals surface area contributed by atoms with E-state index < -0.39 is 0 Å². The van der Waals surface area contributed by atoms with Crippen LogP contribution in [-0.2, 0) is 0 Å². The van der Waals surface area contributed by atoms with Gasteiger partial charge in [-0.25, -0.2) is 0 Å². The number of hydrogen-bond acceptors (Lipinski definition) is 4. The van der Waals surface area contributed by atoms with Gasteiger partial charge in [0.25, 0.3) is 0 Å². The molecule has 0 saturated heterocycles. The van der Waals surface area contributed by atoms with Crippen LogP contribution in [0.15, 0.2) is 58.3 Å². The lowest BCUT2D eigenvalue weighted by Crippen LogP contribution is -2.09. The molecular weight excluding hydrogens is 284 g/mol. The van der Waals surface area contributed by atoms with E-state index in [0.717, 1.165) is 0 Å². The van der Waals surface area contributed by atoms with Crippen LogP contribution in [0.25, 0.3) is 0 Å². The van der Waals surface area contributed by atoms with Crippen molar-refractivity contribution in [2.24, 2.45) is 0 Å². The number of rotatable bonds is 5. The third-order valence-electron chi connectivity index (χ3n) is 2.92. The predicted molar refractivity (Wildman–Crippen MR) is 93.3 cm³/mol. The van der Waals surface area contributed by atoms with Gasteiger partial charge in [-0.15, -0.1) is 0 Å². The predicted octanol–water partition coefficient (Wildman–Crippen LogP) is 4.62. The first kappa shape index (κ1) is 15.1.